The summed E-state index contributed by atoms with van der Waals surface area (Å²) in [5.41, 5.74) is 5.93. The van der Waals surface area contributed by atoms with Gasteiger partial charge >= 0.3 is 94.6 Å². The molecule has 0 saturated carbocycles. The Hall–Kier alpha value is -0.680. The van der Waals surface area contributed by atoms with E-state index < -0.39 is 15.7 Å². The maximum absolute atomic E-state index is 12.2. The summed E-state index contributed by atoms with van der Waals surface area (Å²) in [6.45, 7) is 2.44. The van der Waals surface area contributed by atoms with Gasteiger partial charge in [0.25, 0.3) is 0 Å². The first kappa shape index (κ1) is 13.4. The molecule has 0 saturated heterocycles. The van der Waals surface area contributed by atoms with Crippen LogP contribution in [0.3, 0.4) is 0 Å². The fraction of sp³-hybridized carbons (Fsp3) is 0.333. The van der Waals surface area contributed by atoms with Gasteiger partial charge in [0, 0.05) is 0 Å². The van der Waals surface area contributed by atoms with Gasteiger partial charge < -0.3 is 0 Å². The molecule has 16 heavy (non-hydrogen) atoms. The standard InChI is InChI=1S/C9H16NO4PS/c1-14-15(2,3,11)16(12,13)9-6-4-8(10)5-7-9/h4-7,11H,10H2,1-3H3. The van der Waals surface area contributed by atoms with Crippen LogP contribution in [-0.2, 0) is 14.0 Å². The summed E-state index contributed by atoms with van der Waals surface area (Å²) >= 11 is 0. The Bertz CT molecular complexity index is 486. The zero-order valence-electron chi connectivity index (χ0n) is 9.41. The number of rotatable bonds is 3. The normalized spacial score (nSPS) is 15.4. The first-order chi connectivity index (χ1) is 7.09. The molecule has 1 rings (SSSR count). The molecular formula is C9H16NO4PS. The molecule has 0 spiro atoms. The van der Waals surface area contributed by atoms with Crippen LogP contribution < -0.4 is 5.73 Å². The summed E-state index contributed by atoms with van der Waals surface area (Å²) in [4.78, 5) is 10.1. The summed E-state index contributed by atoms with van der Waals surface area (Å²) in [5.74, 6) is 0. The van der Waals surface area contributed by atoms with Crippen LogP contribution in [0.25, 0.3) is 0 Å². The third kappa shape index (κ3) is 2.06. The molecule has 1 aromatic carbocycles. The van der Waals surface area contributed by atoms with E-state index in [0.717, 1.165) is 0 Å². The van der Waals surface area contributed by atoms with Crippen LogP contribution >= 0.6 is 6.26 Å². The van der Waals surface area contributed by atoms with Gasteiger partial charge in [0.15, 0.2) is 0 Å². The quantitative estimate of drug-likeness (QED) is 0.634. The van der Waals surface area contributed by atoms with Crippen molar-refractivity contribution in [2.45, 2.75) is 4.90 Å². The van der Waals surface area contributed by atoms with Crippen LogP contribution in [0.1, 0.15) is 0 Å². The van der Waals surface area contributed by atoms with E-state index in [1.165, 1.54) is 44.7 Å². The van der Waals surface area contributed by atoms with Crippen LogP contribution in [0.4, 0.5) is 5.69 Å². The first-order valence-corrected chi connectivity index (χ1v) is 9.60. The molecule has 0 aliphatic heterocycles. The molecule has 0 aromatic heterocycles. The molecule has 0 heterocycles. The number of nitrogen functional groups attached to an aromatic ring is 1. The Morgan fingerprint density at radius 2 is 1.69 bits per heavy atom. The second-order valence-corrected chi connectivity index (χ2v) is 14.0. The van der Waals surface area contributed by atoms with Gasteiger partial charge in [0.1, 0.15) is 0 Å². The van der Waals surface area contributed by atoms with Crippen molar-refractivity contribution in [2.75, 3.05) is 26.2 Å². The molecule has 92 valence electrons. The average Bonchev–Trinajstić information content (AvgIpc) is 2.17. The third-order valence-corrected chi connectivity index (χ3v) is 10.9. The van der Waals surface area contributed by atoms with Crippen LogP contribution in [0, 0.1) is 0 Å². The monoisotopic (exact) mass is 265 g/mol. The molecule has 0 atom stereocenters. The summed E-state index contributed by atoms with van der Waals surface area (Å²) in [6, 6.07) is 5.65. The van der Waals surface area contributed by atoms with Crippen LogP contribution in [0.15, 0.2) is 29.2 Å². The Balaban J connectivity index is 3.39. The molecule has 0 bridgehead atoms. The molecule has 0 fully saturated rings. The SMILES string of the molecule is COP(C)(C)(O)S(=O)(=O)c1ccc(N)cc1. The van der Waals surface area contributed by atoms with E-state index in [0.29, 0.717) is 5.69 Å². The molecule has 0 unspecified atom stereocenters. The molecule has 1 aromatic rings. The maximum atomic E-state index is 12.2. The molecule has 0 amide bonds. The van der Waals surface area contributed by atoms with E-state index in [2.05, 4.69) is 0 Å². The molecule has 3 N–H and O–H groups in total. The number of anilines is 1. The van der Waals surface area contributed by atoms with E-state index in [-0.39, 0.29) is 4.90 Å². The third-order valence-electron chi connectivity index (χ3n) is 2.39. The van der Waals surface area contributed by atoms with E-state index in [1.54, 1.807) is 0 Å². The van der Waals surface area contributed by atoms with Crippen molar-refractivity contribution < 1.29 is 17.8 Å². The second-order valence-electron chi connectivity index (χ2n) is 4.04. The topological polar surface area (TPSA) is 89.6 Å². The van der Waals surface area contributed by atoms with Crippen molar-refractivity contribution in [1.82, 2.24) is 0 Å². The van der Waals surface area contributed by atoms with Crippen LogP contribution in [0.5, 0.6) is 0 Å². The average molecular weight is 265 g/mol. The number of hydrogen-bond donors (Lipinski definition) is 2. The Labute approximate surface area is 95.0 Å². The van der Waals surface area contributed by atoms with Crippen LogP contribution in [-0.4, -0.2) is 33.8 Å². The van der Waals surface area contributed by atoms with Crippen molar-refractivity contribution in [3.63, 3.8) is 0 Å². The van der Waals surface area contributed by atoms with Crippen molar-refractivity contribution in [2.24, 2.45) is 0 Å². The van der Waals surface area contributed by atoms with Gasteiger partial charge in [0.05, 0.1) is 0 Å². The molecule has 0 aliphatic carbocycles. The molecular weight excluding hydrogens is 249 g/mol. The van der Waals surface area contributed by atoms with Crippen LogP contribution in [0.2, 0.25) is 0 Å². The zero-order valence-corrected chi connectivity index (χ0v) is 11.1. The molecule has 0 aliphatic rings. The predicted molar refractivity (Wildman–Crippen MR) is 66.0 cm³/mol. The Morgan fingerprint density at radius 3 is 2.06 bits per heavy atom. The number of hydrogen-bond acceptors (Lipinski definition) is 5. The number of benzene rings is 1. The van der Waals surface area contributed by atoms with E-state index in [9.17, 15) is 13.3 Å². The summed E-state index contributed by atoms with van der Waals surface area (Å²) < 4.78 is 29.2. The Morgan fingerprint density at radius 1 is 1.25 bits per heavy atom. The van der Waals surface area contributed by atoms with Gasteiger partial charge in [-0.25, -0.2) is 0 Å². The van der Waals surface area contributed by atoms with Gasteiger partial charge in [-0.15, -0.1) is 0 Å². The fourth-order valence-corrected chi connectivity index (χ4v) is 5.08. The van der Waals surface area contributed by atoms with Gasteiger partial charge in [-0.1, -0.05) is 0 Å². The number of nitrogens with two attached hydrogens (primary N) is 1. The minimum absolute atomic E-state index is 0.00807. The van der Waals surface area contributed by atoms with Crippen molar-refractivity contribution >= 4 is 21.4 Å². The molecule has 0 radical (unpaired) electrons. The van der Waals surface area contributed by atoms with E-state index >= 15 is 0 Å². The van der Waals surface area contributed by atoms with Crippen molar-refractivity contribution in [3.05, 3.63) is 24.3 Å². The fourth-order valence-electron chi connectivity index (χ4n) is 1.04. The van der Waals surface area contributed by atoms with Gasteiger partial charge in [-0.2, -0.15) is 0 Å². The zero-order chi connectivity index (χ0) is 12.6. The minimum atomic E-state index is -4.21. The Kier molecular flexibility index (Phi) is 3.07. The van der Waals surface area contributed by atoms with E-state index in [4.69, 9.17) is 10.3 Å². The first-order valence-electron chi connectivity index (χ1n) is 4.52. The summed E-state index contributed by atoms with van der Waals surface area (Å²) in [7, 11) is -2.71. The van der Waals surface area contributed by atoms with E-state index in [1.807, 2.05) is 0 Å². The predicted octanol–water partition coefficient (Wildman–Crippen LogP) is 1.24. The van der Waals surface area contributed by atoms with Gasteiger partial charge in [-0.3, -0.25) is 0 Å². The summed E-state index contributed by atoms with van der Waals surface area (Å²) in [6.07, 6.45) is -4.21. The van der Waals surface area contributed by atoms with Crippen molar-refractivity contribution in [1.29, 1.82) is 0 Å². The molecule has 7 heteroatoms. The molecule has 5 nitrogen and oxygen atoms in total. The van der Waals surface area contributed by atoms with Crippen molar-refractivity contribution in [3.8, 4) is 0 Å². The van der Waals surface area contributed by atoms with Gasteiger partial charge in [0.2, 0.25) is 0 Å². The summed E-state index contributed by atoms with van der Waals surface area (Å²) in [5, 5.41) is 0. The van der Waals surface area contributed by atoms with Gasteiger partial charge in [-0.05, 0) is 0 Å². The second kappa shape index (κ2) is 3.67.